The normalized spacial score (nSPS) is 51.8. The Morgan fingerprint density at radius 1 is 1.13 bits per heavy atom. The summed E-state index contributed by atoms with van der Waals surface area (Å²) in [6.07, 6.45) is 8.65. The maximum atomic E-state index is 9.58. The van der Waals surface area contributed by atoms with Crippen LogP contribution in [0.2, 0.25) is 0 Å². The molecule has 1 nitrogen and oxygen atoms in total. The Kier molecular flexibility index (Phi) is 2.28. The summed E-state index contributed by atoms with van der Waals surface area (Å²) in [5, 5.41) is 9.96. The lowest BCUT2D eigenvalue weighted by Gasteiger charge is -2.63. The standard InChI is InChI=1S/C12H21BOP/c1-15(13,8-14)12-5-9-2-10(6-12)4-11(3-9)7-12/h9-11,14H,2-8H2,1H3. The number of aliphatic hydroxyl groups excluding tert-OH is 1. The average molecular weight is 223 g/mol. The molecule has 1 N–H and O–H groups in total. The van der Waals surface area contributed by atoms with Crippen molar-refractivity contribution in [3.63, 3.8) is 0 Å². The minimum absolute atomic E-state index is 0.263. The van der Waals surface area contributed by atoms with E-state index in [-0.39, 0.29) is 6.35 Å². The van der Waals surface area contributed by atoms with Crippen LogP contribution < -0.4 is 0 Å². The molecule has 4 aliphatic rings. The van der Waals surface area contributed by atoms with Gasteiger partial charge in [-0.05, 0) is 56.3 Å². The predicted molar refractivity (Wildman–Crippen MR) is 66.6 cm³/mol. The van der Waals surface area contributed by atoms with Crippen LogP contribution in [0.15, 0.2) is 0 Å². The fourth-order valence-corrected chi connectivity index (χ4v) is 7.17. The first-order valence-corrected chi connectivity index (χ1v) is 8.79. The molecule has 1 unspecified atom stereocenters. The second-order valence-electron chi connectivity index (χ2n) is 6.55. The van der Waals surface area contributed by atoms with Gasteiger partial charge < -0.3 is 12.7 Å². The smallest absolute Gasteiger partial charge is 0.106 e. The first-order chi connectivity index (χ1) is 7.05. The van der Waals surface area contributed by atoms with Gasteiger partial charge >= 0.3 is 0 Å². The summed E-state index contributed by atoms with van der Waals surface area (Å²) >= 11 is 0. The molecule has 3 heteroatoms. The van der Waals surface area contributed by atoms with Crippen molar-refractivity contribution >= 4 is 14.7 Å². The Hall–Kier alpha value is 0.455. The van der Waals surface area contributed by atoms with Gasteiger partial charge in [-0.2, -0.15) is 0 Å². The van der Waals surface area contributed by atoms with Gasteiger partial charge in [0.25, 0.3) is 0 Å². The summed E-state index contributed by atoms with van der Waals surface area (Å²) in [7, 11) is 4.91. The van der Waals surface area contributed by atoms with Crippen molar-refractivity contribution in [1.29, 1.82) is 0 Å². The molecule has 0 heterocycles. The molecule has 3 radical (unpaired) electrons. The molecule has 0 saturated heterocycles. The second kappa shape index (κ2) is 3.23. The average Bonchev–Trinajstić information content (AvgIpc) is 2.15. The monoisotopic (exact) mass is 223 g/mol. The first-order valence-electron chi connectivity index (χ1n) is 6.30. The molecule has 0 aromatic rings. The minimum atomic E-state index is -1.57. The van der Waals surface area contributed by atoms with E-state index in [1.54, 1.807) is 0 Å². The van der Waals surface area contributed by atoms with E-state index in [4.69, 9.17) is 7.57 Å². The van der Waals surface area contributed by atoms with Crippen LogP contribution in [0.3, 0.4) is 0 Å². The molecule has 4 bridgehead atoms. The topological polar surface area (TPSA) is 20.2 Å². The Bertz CT molecular complexity index is 242. The van der Waals surface area contributed by atoms with E-state index in [9.17, 15) is 5.11 Å². The zero-order valence-corrected chi connectivity index (χ0v) is 10.5. The van der Waals surface area contributed by atoms with Gasteiger partial charge in [0.05, 0.1) is 0 Å². The highest BCUT2D eigenvalue weighted by atomic mass is 31.2. The highest BCUT2D eigenvalue weighted by molar-refractivity contribution is 7.97. The van der Waals surface area contributed by atoms with Crippen molar-refractivity contribution in [1.82, 2.24) is 0 Å². The van der Waals surface area contributed by atoms with E-state index in [2.05, 4.69) is 6.66 Å². The molecule has 4 saturated carbocycles. The molecular weight excluding hydrogens is 202 g/mol. The van der Waals surface area contributed by atoms with Crippen LogP contribution >= 0.6 is 7.14 Å². The number of hydrogen-bond donors (Lipinski definition) is 1. The van der Waals surface area contributed by atoms with Gasteiger partial charge in [-0.1, -0.05) is 0 Å². The second-order valence-corrected chi connectivity index (χ2v) is 10.3. The van der Waals surface area contributed by atoms with Crippen LogP contribution in [0.5, 0.6) is 0 Å². The number of rotatable bonds is 2. The highest BCUT2D eigenvalue weighted by Crippen LogP contribution is 2.74. The zero-order valence-electron chi connectivity index (χ0n) is 9.65. The quantitative estimate of drug-likeness (QED) is 0.563. The largest absolute Gasteiger partial charge is 0.366 e. The highest BCUT2D eigenvalue weighted by Gasteiger charge is 2.56. The number of aliphatic hydroxyl groups is 1. The van der Waals surface area contributed by atoms with Crippen LogP contribution in [-0.2, 0) is 0 Å². The molecule has 0 aromatic carbocycles. The van der Waals surface area contributed by atoms with Crippen molar-refractivity contribution in [2.24, 2.45) is 17.8 Å². The van der Waals surface area contributed by atoms with E-state index in [1.165, 1.54) is 38.5 Å². The zero-order chi connectivity index (χ0) is 10.7. The van der Waals surface area contributed by atoms with Gasteiger partial charge in [-0.15, -0.1) is 0 Å². The van der Waals surface area contributed by atoms with E-state index in [1.807, 2.05) is 0 Å². The molecule has 1 atom stereocenters. The summed E-state index contributed by atoms with van der Waals surface area (Å²) in [6, 6.07) is 0. The third kappa shape index (κ3) is 1.44. The summed E-state index contributed by atoms with van der Waals surface area (Å²) in [6.45, 7) is 2.18. The molecular formula is C12H21BOP. The summed E-state index contributed by atoms with van der Waals surface area (Å²) in [4.78, 5) is 0. The lowest BCUT2D eigenvalue weighted by Crippen LogP contribution is -2.51. The van der Waals surface area contributed by atoms with Gasteiger partial charge in [0.1, 0.15) is 6.35 Å². The third-order valence-corrected chi connectivity index (χ3v) is 8.69. The van der Waals surface area contributed by atoms with Crippen molar-refractivity contribution in [2.45, 2.75) is 43.7 Å². The lowest BCUT2D eigenvalue weighted by molar-refractivity contribution is 0.0344. The van der Waals surface area contributed by atoms with Gasteiger partial charge in [0.2, 0.25) is 0 Å². The van der Waals surface area contributed by atoms with Crippen molar-refractivity contribution < 1.29 is 5.11 Å². The Balaban J connectivity index is 1.93. The van der Waals surface area contributed by atoms with Crippen molar-refractivity contribution in [3.8, 4) is 0 Å². The molecule has 4 fully saturated rings. The molecule has 15 heavy (non-hydrogen) atoms. The van der Waals surface area contributed by atoms with Crippen LogP contribution in [0.1, 0.15) is 38.5 Å². The SMILES string of the molecule is [B-][P+](C)(CO)C12CC3CC(CC(C3)C1)C2. The molecule has 0 aromatic heterocycles. The Labute approximate surface area is 94.7 Å². The maximum absolute atomic E-state index is 9.58. The predicted octanol–water partition coefficient (Wildman–Crippen LogP) is 2.64. The van der Waals surface area contributed by atoms with Gasteiger partial charge in [0.15, 0.2) is 0 Å². The lowest BCUT2D eigenvalue weighted by atomic mass is 9.56. The maximum Gasteiger partial charge on any atom is 0.106 e. The molecule has 4 rings (SSSR count). The fraction of sp³-hybridized carbons (Fsp3) is 1.00. The van der Waals surface area contributed by atoms with E-state index < -0.39 is 7.14 Å². The van der Waals surface area contributed by atoms with Crippen LogP contribution in [0, 0.1) is 17.8 Å². The molecule has 0 aliphatic heterocycles. The van der Waals surface area contributed by atoms with Gasteiger partial charge in [0, 0.05) is 11.8 Å². The van der Waals surface area contributed by atoms with Crippen LogP contribution in [0.25, 0.3) is 0 Å². The third-order valence-electron chi connectivity index (χ3n) is 5.38. The number of hydrogen-bond acceptors (Lipinski definition) is 1. The summed E-state index contributed by atoms with van der Waals surface area (Å²) in [5.41, 5.74) is 0. The minimum Gasteiger partial charge on any atom is -0.366 e. The van der Waals surface area contributed by atoms with E-state index >= 15 is 0 Å². The van der Waals surface area contributed by atoms with Crippen molar-refractivity contribution in [3.05, 3.63) is 0 Å². The summed E-state index contributed by atoms with van der Waals surface area (Å²) < 4.78 is 0. The van der Waals surface area contributed by atoms with Crippen LogP contribution in [-0.4, -0.2) is 30.8 Å². The fourth-order valence-electron chi connectivity index (χ4n) is 4.84. The van der Waals surface area contributed by atoms with E-state index in [0.29, 0.717) is 5.16 Å². The van der Waals surface area contributed by atoms with Gasteiger partial charge in [-0.3, -0.25) is 0 Å². The molecule has 0 spiro atoms. The van der Waals surface area contributed by atoms with E-state index in [0.717, 1.165) is 17.8 Å². The molecule has 4 aliphatic carbocycles. The van der Waals surface area contributed by atoms with Crippen molar-refractivity contribution in [2.75, 3.05) is 13.0 Å². The van der Waals surface area contributed by atoms with Gasteiger partial charge in [-0.25, -0.2) is 7.14 Å². The molecule has 0 amide bonds. The molecule has 83 valence electrons. The first kappa shape index (κ1) is 10.6. The summed E-state index contributed by atoms with van der Waals surface area (Å²) in [5.74, 6) is 2.85. The van der Waals surface area contributed by atoms with Crippen LogP contribution in [0.4, 0.5) is 0 Å². The Morgan fingerprint density at radius 3 is 1.87 bits per heavy atom. The Morgan fingerprint density at radius 2 is 1.53 bits per heavy atom.